The monoisotopic (exact) mass is 434 g/mol. The molecule has 0 amide bonds. The summed E-state index contributed by atoms with van der Waals surface area (Å²) < 4.78 is 5.36. The van der Waals surface area contributed by atoms with Gasteiger partial charge in [0.25, 0.3) is 0 Å². The number of rotatable bonds is 6. The van der Waals surface area contributed by atoms with Gasteiger partial charge in [0.05, 0.1) is 17.7 Å². The van der Waals surface area contributed by atoms with Crippen molar-refractivity contribution < 1.29 is 9.84 Å². The summed E-state index contributed by atoms with van der Waals surface area (Å²) in [6.45, 7) is 5.77. The van der Waals surface area contributed by atoms with Crippen LogP contribution in [0.25, 0.3) is 0 Å². The molecule has 0 radical (unpaired) electrons. The van der Waals surface area contributed by atoms with Crippen molar-refractivity contribution >= 4 is 11.6 Å². The Morgan fingerprint density at radius 3 is 2.33 bits per heavy atom. The Balaban J connectivity index is 1.46. The summed E-state index contributed by atoms with van der Waals surface area (Å²) in [4.78, 5) is 5.33. The zero-order chi connectivity index (χ0) is 21.0. The standard InChI is InChI=1S/C25H39ClN2O2/c1-30-24-9-8-20(18-23(24)26)22(25(29)12-4-2-5-13-25)19-27-16-10-21(11-17-27)28-14-6-3-7-15-28/h8-9,18,21-22,29H,2-7,10-17,19H2,1H3. The van der Waals surface area contributed by atoms with E-state index in [1.165, 1.54) is 51.6 Å². The summed E-state index contributed by atoms with van der Waals surface area (Å²) >= 11 is 6.48. The van der Waals surface area contributed by atoms with Gasteiger partial charge in [0.2, 0.25) is 0 Å². The topological polar surface area (TPSA) is 35.9 Å². The molecular weight excluding hydrogens is 396 g/mol. The molecule has 0 bridgehead atoms. The van der Waals surface area contributed by atoms with Gasteiger partial charge in [-0.3, -0.25) is 0 Å². The number of likely N-dealkylation sites (tertiary alicyclic amines) is 2. The minimum atomic E-state index is -0.625. The van der Waals surface area contributed by atoms with Crippen LogP contribution in [0.15, 0.2) is 18.2 Å². The molecule has 168 valence electrons. The Morgan fingerprint density at radius 1 is 1.03 bits per heavy atom. The van der Waals surface area contributed by atoms with E-state index in [-0.39, 0.29) is 5.92 Å². The van der Waals surface area contributed by atoms with Crippen LogP contribution < -0.4 is 4.74 Å². The number of hydrogen-bond donors (Lipinski definition) is 1. The first-order valence-corrected chi connectivity index (χ1v) is 12.5. The molecule has 1 aliphatic carbocycles. The van der Waals surface area contributed by atoms with Gasteiger partial charge in [0.1, 0.15) is 5.75 Å². The molecule has 2 heterocycles. The fraction of sp³-hybridized carbons (Fsp3) is 0.760. The van der Waals surface area contributed by atoms with E-state index in [1.54, 1.807) is 7.11 Å². The first-order valence-electron chi connectivity index (χ1n) is 12.1. The molecular formula is C25H39ClN2O2. The van der Waals surface area contributed by atoms with Gasteiger partial charge < -0.3 is 19.6 Å². The lowest BCUT2D eigenvalue weighted by Gasteiger charge is -2.45. The summed E-state index contributed by atoms with van der Waals surface area (Å²) in [6.07, 6.45) is 11.9. The van der Waals surface area contributed by atoms with Gasteiger partial charge in [-0.15, -0.1) is 0 Å². The molecule has 1 unspecified atom stereocenters. The van der Waals surface area contributed by atoms with E-state index < -0.39 is 5.60 Å². The molecule has 3 fully saturated rings. The van der Waals surface area contributed by atoms with Crippen molar-refractivity contribution in [1.29, 1.82) is 0 Å². The van der Waals surface area contributed by atoms with Gasteiger partial charge in [0, 0.05) is 18.5 Å². The minimum Gasteiger partial charge on any atom is -0.495 e. The first kappa shape index (κ1) is 22.4. The van der Waals surface area contributed by atoms with E-state index in [9.17, 15) is 5.11 Å². The molecule has 3 aliphatic rings. The second kappa shape index (κ2) is 10.2. The van der Waals surface area contributed by atoms with E-state index in [2.05, 4.69) is 15.9 Å². The third kappa shape index (κ3) is 5.15. The smallest absolute Gasteiger partial charge is 0.137 e. The van der Waals surface area contributed by atoms with Crippen molar-refractivity contribution in [2.75, 3.05) is 39.8 Å². The summed E-state index contributed by atoms with van der Waals surface area (Å²) in [5, 5.41) is 12.3. The SMILES string of the molecule is COc1ccc(C(CN2CCC(N3CCCCC3)CC2)C2(O)CCCCC2)cc1Cl. The number of nitrogens with zero attached hydrogens (tertiary/aromatic N) is 2. The Hall–Kier alpha value is -0.810. The Morgan fingerprint density at radius 2 is 1.70 bits per heavy atom. The highest BCUT2D eigenvalue weighted by atomic mass is 35.5. The molecule has 1 atom stereocenters. The van der Waals surface area contributed by atoms with Crippen LogP contribution in [-0.2, 0) is 0 Å². The lowest BCUT2D eigenvalue weighted by atomic mass is 9.72. The lowest BCUT2D eigenvalue weighted by Crippen LogP contribution is -2.50. The number of aliphatic hydroxyl groups is 1. The van der Waals surface area contributed by atoms with E-state index in [0.29, 0.717) is 10.8 Å². The highest BCUT2D eigenvalue weighted by Gasteiger charge is 2.40. The number of hydrogen-bond acceptors (Lipinski definition) is 4. The predicted octanol–water partition coefficient (Wildman–Crippen LogP) is 5.08. The molecule has 4 rings (SSSR count). The van der Waals surface area contributed by atoms with Crippen LogP contribution in [-0.4, -0.2) is 66.4 Å². The fourth-order valence-corrected chi connectivity index (χ4v) is 6.27. The van der Waals surface area contributed by atoms with Gasteiger partial charge in [-0.05, 0) is 82.4 Å². The van der Waals surface area contributed by atoms with Gasteiger partial charge >= 0.3 is 0 Å². The molecule has 0 aromatic heterocycles. The van der Waals surface area contributed by atoms with E-state index in [1.807, 2.05) is 12.1 Å². The van der Waals surface area contributed by atoms with Crippen LogP contribution in [0.4, 0.5) is 0 Å². The van der Waals surface area contributed by atoms with Crippen molar-refractivity contribution in [3.63, 3.8) is 0 Å². The predicted molar refractivity (Wildman–Crippen MR) is 124 cm³/mol. The van der Waals surface area contributed by atoms with Crippen LogP contribution in [0.5, 0.6) is 5.75 Å². The number of halogens is 1. The Kier molecular flexibility index (Phi) is 7.62. The summed E-state index contributed by atoms with van der Waals surface area (Å²) in [6, 6.07) is 6.85. The van der Waals surface area contributed by atoms with Crippen LogP contribution in [0.2, 0.25) is 5.02 Å². The zero-order valence-corrected chi connectivity index (χ0v) is 19.4. The molecule has 2 aliphatic heterocycles. The zero-order valence-electron chi connectivity index (χ0n) is 18.6. The number of benzene rings is 1. The summed E-state index contributed by atoms with van der Waals surface area (Å²) in [5.74, 6) is 0.810. The molecule has 0 spiro atoms. The normalized spacial score (nSPS) is 25.2. The summed E-state index contributed by atoms with van der Waals surface area (Å²) in [7, 11) is 1.65. The van der Waals surface area contributed by atoms with Crippen LogP contribution in [0, 0.1) is 0 Å². The second-order valence-electron chi connectivity index (χ2n) is 9.74. The minimum absolute atomic E-state index is 0.104. The van der Waals surface area contributed by atoms with E-state index in [4.69, 9.17) is 16.3 Å². The quantitative estimate of drug-likeness (QED) is 0.677. The van der Waals surface area contributed by atoms with Crippen molar-refractivity contribution in [1.82, 2.24) is 9.80 Å². The van der Waals surface area contributed by atoms with Gasteiger partial charge in [-0.1, -0.05) is 43.4 Å². The van der Waals surface area contributed by atoms with Crippen LogP contribution >= 0.6 is 11.6 Å². The molecule has 5 heteroatoms. The maximum Gasteiger partial charge on any atom is 0.137 e. The van der Waals surface area contributed by atoms with Crippen LogP contribution in [0.3, 0.4) is 0 Å². The molecule has 1 saturated carbocycles. The second-order valence-corrected chi connectivity index (χ2v) is 10.1. The first-order chi connectivity index (χ1) is 14.6. The van der Waals surface area contributed by atoms with Gasteiger partial charge in [-0.25, -0.2) is 0 Å². The number of methoxy groups -OCH3 is 1. The number of ether oxygens (including phenoxy) is 1. The van der Waals surface area contributed by atoms with Crippen molar-refractivity contribution in [3.8, 4) is 5.75 Å². The van der Waals surface area contributed by atoms with Crippen molar-refractivity contribution in [3.05, 3.63) is 28.8 Å². The largest absolute Gasteiger partial charge is 0.495 e. The molecule has 2 saturated heterocycles. The average Bonchev–Trinajstić information content (AvgIpc) is 2.79. The molecule has 30 heavy (non-hydrogen) atoms. The third-order valence-electron chi connectivity index (χ3n) is 7.85. The lowest BCUT2D eigenvalue weighted by molar-refractivity contribution is -0.0343. The molecule has 1 aromatic carbocycles. The fourth-order valence-electron chi connectivity index (χ4n) is 6.01. The van der Waals surface area contributed by atoms with Crippen molar-refractivity contribution in [2.45, 2.75) is 81.8 Å². The number of piperidine rings is 2. The maximum absolute atomic E-state index is 11.7. The van der Waals surface area contributed by atoms with Crippen LogP contribution in [0.1, 0.15) is 75.7 Å². The highest BCUT2D eigenvalue weighted by molar-refractivity contribution is 6.32. The van der Waals surface area contributed by atoms with E-state index >= 15 is 0 Å². The Labute approximate surface area is 187 Å². The van der Waals surface area contributed by atoms with Gasteiger partial charge in [-0.2, -0.15) is 0 Å². The van der Waals surface area contributed by atoms with Crippen molar-refractivity contribution in [2.24, 2.45) is 0 Å². The van der Waals surface area contributed by atoms with E-state index in [0.717, 1.165) is 56.9 Å². The Bertz CT molecular complexity index is 678. The molecule has 1 N–H and O–H groups in total. The third-order valence-corrected chi connectivity index (χ3v) is 8.15. The average molecular weight is 435 g/mol. The van der Waals surface area contributed by atoms with Gasteiger partial charge in [0.15, 0.2) is 0 Å². The molecule has 1 aromatic rings. The maximum atomic E-state index is 11.7. The summed E-state index contributed by atoms with van der Waals surface area (Å²) in [5.41, 5.74) is 0.531. The highest BCUT2D eigenvalue weighted by Crippen LogP contribution is 2.42. The molecule has 4 nitrogen and oxygen atoms in total.